The molecule has 12 heavy (non-hydrogen) atoms. The highest BCUT2D eigenvalue weighted by atomic mass is 19.3. The Bertz CT molecular complexity index is 158. The van der Waals surface area contributed by atoms with Crippen molar-refractivity contribution in [2.45, 2.75) is 39.0 Å². The van der Waals surface area contributed by atoms with Crippen LogP contribution in [0.4, 0.5) is 8.78 Å². The van der Waals surface area contributed by atoms with Crippen LogP contribution in [0, 0.1) is 11.3 Å². The van der Waals surface area contributed by atoms with Gasteiger partial charge in [0.2, 0.25) is 5.92 Å². The van der Waals surface area contributed by atoms with Crippen LogP contribution in [0.2, 0.25) is 0 Å². The lowest BCUT2D eigenvalue weighted by atomic mass is 9.64. The minimum atomic E-state index is -2.39. The fourth-order valence-electron chi connectivity index (χ4n) is 1.79. The molecule has 2 N–H and O–H groups in total. The first-order valence-electron chi connectivity index (χ1n) is 4.45. The maximum atomic E-state index is 12.5. The molecule has 0 radical (unpaired) electrons. The third-order valence-electron chi connectivity index (χ3n) is 2.98. The molecule has 0 aliphatic heterocycles. The van der Waals surface area contributed by atoms with Gasteiger partial charge in [-0.25, -0.2) is 8.78 Å². The normalized spacial score (nSPS) is 23.8. The average molecular weight is 177 g/mol. The fraction of sp³-hybridized carbons (Fsp3) is 1.00. The Hall–Kier alpha value is -0.180. The summed E-state index contributed by atoms with van der Waals surface area (Å²) in [7, 11) is 0. The van der Waals surface area contributed by atoms with Crippen LogP contribution in [-0.4, -0.2) is 12.5 Å². The van der Waals surface area contributed by atoms with Gasteiger partial charge in [-0.05, 0) is 24.3 Å². The molecule has 0 atom stereocenters. The van der Waals surface area contributed by atoms with E-state index in [1.807, 2.05) is 13.8 Å². The molecule has 1 fully saturated rings. The SMILES string of the molecule is CC(C)(CCN)C1CC(F)(F)C1. The number of hydrogen-bond acceptors (Lipinski definition) is 1. The van der Waals surface area contributed by atoms with Gasteiger partial charge in [-0.15, -0.1) is 0 Å². The minimum absolute atomic E-state index is 0.00354. The molecule has 0 heterocycles. The van der Waals surface area contributed by atoms with Gasteiger partial charge in [0, 0.05) is 12.8 Å². The highest BCUT2D eigenvalue weighted by molar-refractivity contribution is 4.94. The van der Waals surface area contributed by atoms with Crippen molar-refractivity contribution in [3.05, 3.63) is 0 Å². The van der Waals surface area contributed by atoms with Crippen molar-refractivity contribution in [3.63, 3.8) is 0 Å². The second kappa shape index (κ2) is 2.95. The summed E-state index contributed by atoms with van der Waals surface area (Å²) in [5.74, 6) is -2.23. The Balaban J connectivity index is 2.40. The second-order valence-corrected chi connectivity index (χ2v) is 4.49. The molecule has 1 saturated carbocycles. The zero-order valence-corrected chi connectivity index (χ0v) is 7.74. The molecule has 0 saturated heterocycles. The van der Waals surface area contributed by atoms with Crippen molar-refractivity contribution in [3.8, 4) is 0 Å². The van der Waals surface area contributed by atoms with E-state index in [0.717, 1.165) is 6.42 Å². The van der Waals surface area contributed by atoms with Crippen LogP contribution in [0.3, 0.4) is 0 Å². The Kier molecular flexibility index (Phi) is 2.43. The molecule has 3 heteroatoms. The molecular formula is C9H17F2N. The lowest BCUT2D eigenvalue weighted by molar-refractivity contribution is -0.142. The lowest BCUT2D eigenvalue weighted by Gasteiger charge is -2.45. The van der Waals surface area contributed by atoms with Crippen LogP contribution in [0.5, 0.6) is 0 Å². The van der Waals surface area contributed by atoms with Gasteiger partial charge in [-0.2, -0.15) is 0 Å². The first kappa shape index (κ1) is 9.90. The Morgan fingerprint density at radius 3 is 2.25 bits per heavy atom. The molecular weight excluding hydrogens is 160 g/mol. The third-order valence-corrected chi connectivity index (χ3v) is 2.98. The Morgan fingerprint density at radius 2 is 1.92 bits per heavy atom. The van der Waals surface area contributed by atoms with Crippen LogP contribution in [0.1, 0.15) is 33.1 Å². The third kappa shape index (κ3) is 1.94. The van der Waals surface area contributed by atoms with E-state index in [1.165, 1.54) is 0 Å². The summed E-state index contributed by atoms with van der Waals surface area (Å²) in [6, 6.07) is 0. The van der Waals surface area contributed by atoms with Gasteiger partial charge < -0.3 is 5.73 Å². The van der Waals surface area contributed by atoms with E-state index in [-0.39, 0.29) is 24.2 Å². The summed E-state index contributed by atoms with van der Waals surface area (Å²) < 4.78 is 25.1. The van der Waals surface area contributed by atoms with Gasteiger partial charge >= 0.3 is 0 Å². The van der Waals surface area contributed by atoms with Gasteiger partial charge in [-0.3, -0.25) is 0 Å². The van der Waals surface area contributed by atoms with E-state index in [1.54, 1.807) is 0 Å². The van der Waals surface area contributed by atoms with Gasteiger partial charge in [0.1, 0.15) is 0 Å². The molecule has 0 aromatic carbocycles. The van der Waals surface area contributed by atoms with Crippen molar-refractivity contribution in [1.29, 1.82) is 0 Å². The fourth-order valence-corrected chi connectivity index (χ4v) is 1.79. The monoisotopic (exact) mass is 177 g/mol. The molecule has 1 aliphatic rings. The zero-order valence-electron chi connectivity index (χ0n) is 7.74. The summed E-state index contributed by atoms with van der Waals surface area (Å²) in [5.41, 5.74) is 5.41. The van der Waals surface area contributed by atoms with Gasteiger partial charge in [0.15, 0.2) is 0 Å². The highest BCUT2D eigenvalue weighted by Gasteiger charge is 2.50. The van der Waals surface area contributed by atoms with E-state index in [4.69, 9.17) is 5.73 Å². The second-order valence-electron chi connectivity index (χ2n) is 4.49. The van der Waals surface area contributed by atoms with Crippen LogP contribution in [0.15, 0.2) is 0 Å². The lowest BCUT2D eigenvalue weighted by Crippen LogP contribution is -2.44. The van der Waals surface area contributed by atoms with Crippen LogP contribution >= 0.6 is 0 Å². The predicted molar refractivity (Wildman–Crippen MR) is 45.1 cm³/mol. The largest absolute Gasteiger partial charge is 0.330 e. The summed E-state index contributed by atoms with van der Waals surface area (Å²) >= 11 is 0. The van der Waals surface area contributed by atoms with Crippen LogP contribution < -0.4 is 5.73 Å². The van der Waals surface area contributed by atoms with Crippen molar-refractivity contribution in [2.75, 3.05) is 6.54 Å². The Labute approximate surface area is 72.3 Å². The van der Waals surface area contributed by atoms with Gasteiger partial charge in [-0.1, -0.05) is 13.8 Å². The highest BCUT2D eigenvalue weighted by Crippen LogP contribution is 2.51. The number of nitrogens with two attached hydrogens (primary N) is 1. The van der Waals surface area contributed by atoms with E-state index in [2.05, 4.69) is 0 Å². The van der Waals surface area contributed by atoms with Crippen molar-refractivity contribution >= 4 is 0 Å². The van der Waals surface area contributed by atoms with Crippen molar-refractivity contribution in [1.82, 2.24) is 0 Å². The number of rotatable bonds is 3. The molecule has 0 spiro atoms. The molecule has 0 aromatic heterocycles. The number of halogens is 2. The van der Waals surface area contributed by atoms with Gasteiger partial charge in [0.05, 0.1) is 0 Å². The standard InChI is InChI=1S/C9H17F2N/c1-8(2,3-4-12)7-5-9(10,11)6-7/h7H,3-6,12H2,1-2H3. The molecule has 72 valence electrons. The smallest absolute Gasteiger partial charge is 0.248 e. The molecule has 0 unspecified atom stereocenters. The zero-order chi connectivity index (χ0) is 9.41. The number of hydrogen-bond donors (Lipinski definition) is 1. The minimum Gasteiger partial charge on any atom is -0.330 e. The summed E-state index contributed by atoms with van der Waals surface area (Å²) in [5, 5.41) is 0. The molecule has 0 aromatic rings. The molecule has 1 rings (SSSR count). The van der Waals surface area contributed by atoms with Crippen LogP contribution in [-0.2, 0) is 0 Å². The van der Waals surface area contributed by atoms with Crippen LogP contribution in [0.25, 0.3) is 0 Å². The molecule has 0 amide bonds. The maximum Gasteiger partial charge on any atom is 0.248 e. The molecule has 0 bridgehead atoms. The first-order chi connectivity index (χ1) is 5.37. The predicted octanol–water partition coefficient (Wildman–Crippen LogP) is 2.41. The Morgan fingerprint density at radius 1 is 1.42 bits per heavy atom. The van der Waals surface area contributed by atoms with E-state index >= 15 is 0 Å². The molecule has 1 aliphatic carbocycles. The topological polar surface area (TPSA) is 26.0 Å². The molecule has 1 nitrogen and oxygen atoms in total. The summed E-state index contributed by atoms with van der Waals surface area (Å²) in [4.78, 5) is 0. The summed E-state index contributed by atoms with van der Waals surface area (Å²) in [6.45, 7) is 4.65. The van der Waals surface area contributed by atoms with Gasteiger partial charge in [0.25, 0.3) is 0 Å². The maximum absolute atomic E-state index is 12.5. The first-order valence-corrected chi connectivity index (χ1v) is 4.45. The summed E-state index contributed by atoms with van der Waals surface area (Å²) in [6.07, 6.45) is 0.952. The average Bonchev–Trinajstić information content (AvgIpc) is 1.82. The van der Waals surface area contributed by atoms with E-state index in [9.17, 15) is 8.78 Å². The quantitative estimate of drug-likeness (QED) is 0.703. The number of alkyl halides is 2. The van der Waals surface area contributed by atoms with E-state index in [0.29, 0.717) is 6.54 Å². The van der Waals surface area contributed by atoms with E-state index < -0.39 is 5.92 Å². The van der Waals surface area contributed by atoms with Crippen molar-refractivity contribution in [2.24, 2.45) is 17.1 Å². The van der Waals surface area contributed by atoms with Crippen molar-refractivity contribution < 1.29 is 8.78 Å².